The van der Waals surface area contributed by atoms with E-state index in [0.717, 1.165) is 24.8 Å². The van der Waals surface area contributed by atoms with Gasteiger partial charge in [0, 0.05) is 5.92 Å². The summed E-state index contributed by atoms with van der Waals surface area (Å²) in [7, 11) is 0. The minimum Gasteiger partial charge on any atom is -0.389 e. The molecule has 0 fully saturated rings. The fourth-order valence-corrected chi connectivity index (χ4v) is 4.86. The number of aliphatic hydroxyl groups excluding tert-OH is 2. The van der Waals surface area contributed by atoms with Crippen LogP contribution in [0.5, 0.6) is 0 Å². The third-order valence-electron chi connectivity index (χ3n) is 7.63. The van der Waals surface area contributed by atoms with E-state index in [1.54, 1.807) is 19.9 Å². The largest absolute Gasteiger partial charge is 0.389 e. The molecule has 3 atom stereocenters. The molecule has 0 aromatic carbocycles. The summed E-state index contributed by atoms with van der Waals surface area (Å²) < 4.78 is 0. The molecular weight excluding hydrogens is 528 g/mol. The van der Waals surface area contributed by atoms with Gasteiger partial charge in [-0.2, -0.15) is 0 Å². The maximum atomic E-state index is 10.1. The summed E-state index contributed by atoms with van der Waals surface area (Å²) in [6.45, 7) is 20.2. The van der Waals surface area contributed by atoms with Crippen molar-refractivity contribution in [1.29, 1.82) is 0 Å². The lowest BCUT2D eigenvalue weighted by Crippen LogP contribution is -2.34. The van der Waals surface area contributed by atoms with Crippen molar-refractivity contribution in [3.63, 3.8) is 0 Å². The van der Waals surface area contributed by atoms with Gasteiger partial charge < -0.3 is 15.3 Å². The third kappa shape index (κ3) is 16.4. The topological polar surface area (TPSA) is 60.7 Å². The van der Waals surface area contributed by atoms with E-state index in [0.29, 0.717) is 5.92 Å². The van der Waals surface area contributed by atoms with E-state index in [9.17, 15) is 15.3 Å². The number of aliphatic hydroxyl groups is 3. The quantitative estimate of drug-likeness (QED) is 0.140. The van der Waals surface area contributed by atoms with Crippen LogP contribution in [0.4, 0.5) is 0 Å². The zero-order valence-electron chi connectivity index (χ0n) is 28.4. The first-order valence-electron chi connectivity index (χ1n) is 15.5. The van der Waals surface area contributed by atoms with Crippen molar-refractivity contribution in [2.45, 2.75) is 106 Å². The molecule has 1 aliphatic carbocycles. The summed E-state index contributed by atoms with van der Waals surface area (Å²) in [5, 5.41) is 29.8. The Balaban J connectivity index is 2.56. The molecule has 0 bridgehead atoms. The Kier molecular flexibility index (Phi) is 16.5. The summed E-state index contributed by atoms with van der Waals surface area (Å²) in [6.07, 6.45) is 34.6. The second-order valence-corrected chi connectivity index (χ2v) is 13.3. The molecule has 0 heterocycles. The number of rotatable bonds is 14. The van der Waals surface area contributed by atoms with Crippen LogP contribution in [0.2, 0.25) is 0 Å². The summed E-state index contributed by atoms with van der Waals surface area (Å²) in [5.41, 5.74) is 6.10. The van der Waals surface area contributed by atoms with E-state index in [1.165, 1.54) is 27.9 Å². The molecule has 3 N–H and O–H groups in total. The molecule has 1 rings (SSSR count). The fraction of sp³-hybridized carbons (Fsp3) is 0.450. The van der Waals surface area contributed by atoms with Crippen molar-refractivity contribution in [2.24, 2.45) is 11.3 Å². The predicted octanol–water partition coefficient (Wildman–Crippen LogP) is 9.76. The molecule has 3 heteroatoms. The van der Waals surface area contributed by atoms with E-state index in [2.05, 4.69) is 127 Å². The van der Waals surface area contributed by atoms with Crippen molar-refractivity contribution in [3.05, 3.63) is 131 Å². The molecule has 0 aromatic heterocycles. The number of allylic oxidation sites excluding steroid dienone is 20. The Labute approximate surface area is 263 Å². The summed E-state index contributed by atoms with van der Waals surface area (Å²) in [6, 6.07) is 0. The second-order valence-electron chi connectivity index (χ2n) is 13.3. The molecule has 0 aliphatic heterocycles. The molecule has 0 spiro atoms. The highest BCUT2D eigenvalue weighted by Gasteiger charge is 2.34. The van der Waals surface area contributed by atoms with Crippen LogP contribution in [0.1, 0.15) is 88.5 Å². The van der Waals surface area contributed by atoms with Gasteiger partial charge in [-0.05, 0) is 80.1 Å². The van der Waals surface area contributed by atoms with Gasteiger partial charge in [-0.15, -0.1) is 0 Å². The Bertz CT molecular complexity index is 1230. The van der Waals surface area contributed by atoms with Crippen LogP contribution in [0, 0.1) is 11.3 Å². The average molecular weight is 587 g/mol. The third-order valence-corrected chi connectivity index (χ3v) is 7.63. The van der Waals surface area contributed by atoms with Crippen LogP contribution in [-0.2, 0) is 0 Å². The van der Waals surface area contributed by atoms with Crippen molar-refractivity contribution in [3.8, 4) is 0 Å². The van der Waals surface area contributed by atoms with Gasteiger partial charge in [0.2, 0.25) is 0 Å². The number of hydrogen-bond donors (Lipinski definition) is 3. The average Bonchev–Trinajstić information content (AvgIpc) is 2.88. The molecule has 236 valence electrons. The molecular formula is C40H58O3. The van der Waals surface area contributed by atoms with E-state index in [1.807, 2.05) is 19.1 Å². The minimum atomic E-state index is -1.13. The van der Waals surface area contributed by atoms with Crippen molar-refractivity contribution >= 4 is 0 Å². The van der Waals surface area contributed by atoms with Crippen molar-refractivity contribution in [1.82, 2.24) is 0 Å². The van der Waals surface area contributed by atoms with Gasteiger partial charge in [0.15, 0.2) is 0 Å². The molecule has 1 unspecified atom stereocenters. The molecule has 43 heavy (non-hydrogen) atoms. The van der Waals surface area contributed by atoms with Gasteiger partial charge in [-0.25, -0.2) is 0 Å². The molecule has 0 amide bonds. The van der Waals surface area contributed by atoms with Gasteiger partial charge in [-0.1, -0.05) is 145 Å². The maximum Gasteiger partial charge on any atom is 0.101 e. The highest BCUT2D eigenvalue weighted by Crippen LogP contribution is 2.41. The normalized spacial score (nSPS) is 22.6. The Morgan fingerprint density at radius 2 is 1.40 bits per heavy atom. The zero-order valence-corrected chi connectivity index (χ0v) is 28.4. The van der Waals surface area contributed by atoms with E-state index in [-0.39, 0.29) is 11.5 Å². The Morgan fingerprint density at radius 3 is 1.95 bits per heavy atom. The van der Waals surface area contributed by atoms with E-state index >= 15 is 0 Å². The lowest BCUT2D eigenvalue weighted by molar-refractivity contribution is -0.0226. The molecule has 0 aromatic rings. The van der Waals surface area contributed by atoms with Crippen LogP contribution in [0.25, 0.3) is 0 Å². The van der Waals surface area contributed by atoms with Gasteiger partial charge >= 0.3 is 0 Å². The lowest BCUT2D eigenvalue weighted by atomic mass is 9.67. The Hall–Kier alpha value is -2.98. The fourth-order valence-electron chi connectivity index (χ4n) is 4.86. The first-order chi connectivity index (χ1) is 20.0. The van der Waals surface area contributed by atoms with Crippen LogP contribution in [-0.4, -0.2) is 33.1 Å². The molecule has 1 aliphatic rings. The predicted molar refractivity (Wildman–Crippen MR) is 188 cm³/mol. The van der Waals surface area contributed by atoms with E-state index < -0.39 is 11.7 Å². The van der Waals surface area contributed by atoms with Crippen molar-refractivity contribution in [2.75, 3.05) is 0 Å². The molecule has 0 radical (unpaired) electrons. The minimum absolute atomic E-state index is 0.0525. The molecule has 3 nitrogen and oxygen atoms in total. The van der Waals surface area contributed by atoms with E-state index in [4.69, 9.17) is 0 Å². The van der Waals surface area contributed by atoms with Gasteiger partial charge in [0.1, 0.15) is 6.10 Å². The Morgan fingerprint density at radius 1 is 0.860 bits per heavy atom. The lowest BCUT2D eigenvalue weighted by Gasteiger charge is -2.38. The van der Waals surface area contributed by atoms with Crippen LogP contribution < -0.4 is 0 Å². The highest BCUT2D eigenvalue weighted by molar-refractivity contribution is 5.32. The standard InChI is InChI=1S/C40H58O3/c1-30(18-13-20-32(3)21-15-23-34(5)25-27-38(42)40(9,10)43)16-11-12-17-31(2)19-14-22-33(4)24-26-37-35(6)28-36(41)29-39(37,7)8/h11-14,16-20,22-28,36-38,41-43H,15,21,29H2,1-10H3/b12-11+,18-13+,19-14+,26-24+,27-25-,30-16+,31-17+,32-20+,33-22+,34-23-/t36-,37?,38+/m1/s1. The smallest absolute Gasteiger partial charge is 0.101 e. The van der Waals surface area contributed by atoms with Gasteiger partial charge in [0.05, 0.1) is 11.7 Å². The summed E-state index contributed by atoms with van der Waals surface area (Å²) in [5.74, 6) is 0.343. The van der Waals surface area contributed by atoms with Gasteiger partial charge in [0.25, 0.3) is 0 Å². The maximum absolute atomic E-state index is 10.1. The highest BCUT2D eigenvalue weighted by atomic mass is 16.3. The SMILES string of the molecule is CC1=C[C@@H](O)CC(C)(C)C1/C=C/C(C)=C/C=C/C(C)=C/C=C/C=C(C)/C=C/C=C(\C)CC/C=C(C)\C=C/[C@H](O)C(C)(C)O. The van der Waals surface area contributed by atoms with Crippen LogP contribution in [0.3, 0.4) is 0 Å². The number of hydrogen-bond acceptors (Lipinski definition) is 3. The van der Waals surface area contributed by atoms with Crippen LogP contribution >= 0.6 is 0 Å². The summed E-state index contributed by atoms with van der Waals surface area (Å²) in [4.78, 5) is 0. The van der Waals surface area contributed by atoms with Gasteiger partial charge in [-0.3, -0.25) is 0 Å². The monoisotopic (exact) mass is 586 g/mol. The second kappa shape index (κ2) is 18.6. The molecule has 0 saturated heterocycles. The van der Waals surface area contributed by atoms with Crippen LogP contribution in [0.15, 0.2) is 131 Å². The van der Waals surface area contributed by atoms with Crippen molar-refractivity contribution < 1.29 is 15.3 Å². The first-order valence-corrected chi connectivity index (χ1v) is 15.5. The molecule has 0 saturated carbocycles. The zero-order chi connectivity index (χ0) is 32.6. The first kappa shape index (κ1) is 38.0. The summed E-state index contributed by atoms with van der Waals surface area (Å²) >= 11 is 0.